The molecule has 1 N–H and O–H groups in total. The number of nitrogens with zero attached hydrogens (tertiary/aromatic N) is 1. The normalized spacial score (nSPS) is 16.2. The smallest absolute Gasteiger partial charge is 0.407 e. The molecule has 0 spiro atoms. The maximum Gasteiger partial charge on any atom is 0.407 e. The first-order chi connectivity index (χ1) is 13.6. The minimum atomic E-state index is -1.20. The third-order valence-electron chi connectivity index (χ3n) is 4.98. The molecule has 1 saturated heterocycles. The van der Waals surface area contributed by atoms with E-state index in [4.69, 9.17) is 4.74 Å². The van der Waals surface area contributed by atoms with Crippen molar-refractivity contribution in [3.63, 3.8) is 0 Å². The SMILES string of the molecule is CC(C)(C)OC(=O)NCC1CCN(C(=O)CC(Cc2ccccc2)C(=O)[O-])CC1. The Morgan fingerprint density at radius 2 is 1.79 bits per heavy atom. The Morgan fingerprint density at radius 3 is 2.34 bits per heavy atom. The van der Waals surface area contributed by atoms with Crippen LogP contribution in [0.15, 0.2) is 30.3 Å². The molecular formula is C22H31N2O5-. The molecule has 1 fully saturated rings. The van der Waals surface area contributed by atoms with Crippen molar-refractivity contribution in [2.45, 2.75) is 52.1 Å². The summed E-state index contributed by atoms with van der Waals surface area (Å²) in [6, 6.07) is 9.26. The zero-order valence-electron chi connectivity index (χ0n) is 17.5. The lowest BCUT2D eigenvalue weighted by molar-refractivity contribution is -0.311. The minimum Gasteiger partial charge on any atom is -0.550 e. The van der Waals surface area contributed by atoms with E-state index in [1.54, 1.807) is 4.90 Å². The molecule has 0 aromatic heterocycles. The van der Waals surface area contributed by atoms with Crippen LogP contribution in [0.3, 0.4) is 0 Å². The largest absolute Gasteiger partial charge is 0.550 e. The first-order valence-corrected chi connectivity index (χ1v) is 10.1. The maximum atomic E-state index is 12.6. The summed E-state index contributed by atoms with van der Waals surface area (Å²) in [6.45, 7) is 7.07. The third-order valence-corrected chi connectivity index (χ3v) is 4.98. The van der Waals surface area contributed by atoms with Crippen molar-refractivity contribution in [3.05, 3.63) is 35.9 Å². The van der Waals surface area contributed by atoms with Crippen LogP contribution in [0.1, 0.15) is 45.6 Å². The number of rotatable bonds is 7. The highest BCUT2D eigenvalue weighted by Gasteiger charge is 2.26. The van der Waals surface area contributed by atoms with Gasteiger partial charge >= 0.3 is 6.09 Å². The van der Waals surface area contributed by atoms with Gasteiger partial charge < -0.3 is 24.9 Å². The van der Waals surface area contributed by atoms with Gasteiger partial charge in [-0.05, 0) is 51.5 Å². The Hall–Kier alpha value is -2.57. The van der Waals surface area contributed by atoms with Crippen LogP contribution in [0.2, 0.25) is 0 Å². The number of piperidine rings is 1. The zero-order chi connectivity index (χ0) is 21.4. The summed E-state index contributed by atoms with van der Waals surface area (Å²) in [5.41, 5.74) is 0.344. The highest BCUT2D eigenvalue weighted by Crippen LogP contribution is 2.20. The second-order valence-electron chi connectivity index (χ2n) is 8.62. The fourth-order valence-corrected chi connectivity index (χ4v) is 3.41. The van der Waals surface area contributed by atoms with E-state index in [1.807, 2.05) is 51.1 Å². The molecule has 1 atom stereocenters. The van der Waals surface area contributed by atoms with Gasteiger partial charge in [-0.15, -0.1) is 0 Å². The average Bonchev–Trinajstić information content (AvgIpc) is 2.65. The highest BCUT2D eigenvalue weighted by atomic mass is 16.6. The molecule has 7 nitrogen and oxygen atoms in total. The molecular weight excluding hydrogens is 372 g/mol. The average molecular weight is 403 g/mol. The summed E-state index contributed by atoms with van der Waals surface area (Å²) in [6.07, 6.45) is 1.31. The number of alkyl carbamates (subject to hydrolysis) is 1. The van der Waals surface area contributed by atoms with E-state index in [0.717, 1.165) is 18.4 Å². The van der Waals surface area contributed by atoms with Crippen molar-refractivity contribution in [2.75, 3.05) is 19.6 Å². The van der Waals surface area contributed by atoms with Gasteiger partial charge in [-0.25, -0.2) is 4.79 Å². The van der Waals surface area contributed by atoms with Crippen LogP contribution in [-0.4, -0.2) is 48.1 Å². The predicted molar refractivity (Wildman–Crippen MR) is 107 cm³/mol. The Kier molecular flexibility index (Phi) is 8.05. The maximum absolute atomic E-state index is 12.6. The number of hydrogen-bond acceptors (Lipinski definition) is 5. The second kappa shape index (κ2) is 10.3. The fourth-order valence-electron chi connectivity index (χ4n) is 3.41. The van der Waals surface area contributed by atoms with Gasteiger partial charge in [0.1, 0.15) is 5.60 Å². The molecule has 2 rings (SSSR count). The van der Waals surface area contributed by atoms with Crippen molar-refractivity contribution in [1.82, 2.24) is 10.2 Å². The number of hydrogen-bond donors (Lipinski definition) is 1. The van der Waals surface area contributed by atoms with E-state index in [2.05, 4.69) is 5.32 Å². The van der Waals surface area contributed by atoms with Crippen molar-refractivity contribution in [1.29, 1.82) is 0 Å². The molecule has 1 heterocycles. The lowest BCUT2D eigenvalue weighted by atomic mass is 9.93. The number of nitrogens with one attached hydrogen (secondary N) is 1. The summed E-state index contributed by atoms with van der Waals surface area (Å²) >= 11 is 0. The molecule has 0 radical (unpaired) electrons. The number of carbonyl (C=O) groups is 3. The van der Waals surface area contributed by atoms with Crippen LogP contribution in [0.4, 0.5) is 4.79 Å². The van der Waals surface area contributed by atoms with Crippen LogP contribution in [0, 0.1) is 11.8 Å². The standard InChI is InChI=1S/C22H32N2O5/c1-22(2,3)29-21(28)23-15-17-9-11-24(12-10-17)19(25)14-18(20(26)27)13-16-7-5-4-6-8-16/h4-8,17-18H,9-15H2,1-3H3,(H,23,28)(H,26,27)/p-1. The molecule has 2 amide bonds. The van der Waals surface area contributed by atoms with Crippen LogP contribution >= 0.6 is 0 Å². The van der Waals surface area contributed by atoms with Gasteiger partial charge in [0.25, 0.3) is 0 Å². The molecule has 1 unspecified atom stereocenters. The van der Waals surface area contributed by atoms with E-state index in [1.165, 1.54) is 0 Å². The Labute approximate surface area is 172 Å². The molecule has 160 valence electrons. The number of aliphatic carboxylic acids is 1. The van der Waals surface area contributed by atoms with E-state index in [9.17, 15) is 19.5 Å². The molecule has 1 aromatic carbocycles. The van der Waals surface area contributed by atoms with Crippen LogP contribution in [-0.2, 0) is 20.7 Å². The van der Waals surface area contributed by atoms with Crippen molar-refractivity contribution in [2.24, 2.45) is 11.8 Å². The van der Waals surface area contributed by atoms with Gasteiger partial charge in [0, 0.05) is 37.9 Å². The fraction of sp³-hybridized carbons (Fsp3) is 0.591. The molecule has 0 saturated carbocycles. The Morgan fingerprint density at radius 1 is 1.17 bits per heavy atom. The van der Waals surface area contributed by atoms with Crippen LogP contribution in [0.25, 0.3) is 0 Å². The molecule has 0 bridgehead atoms. The summed E-state index contributed by atoms with van der Waals surface area (Å²) in [5, 5.41) is 14.3. The minimum absolute atomic E-state index is 0.0575. The van der Waals surface area contributed by atoms with Gasteiger partial charge in [0.05, 0.1) is 0 Å². The number of likely N-dealkylation sites (tertiary alicyclic amines) is 1. The quantitative estimate of drug-likeness (QED) is 0.748. The zero-order valence-corrected chi connectivity index (χ0v) is 17.5. The summed E-state index contributed by atoms with van der Waals surface area (Å²) in [7, 11) is 0. The molecule has 1 aromatic rings. The van der Waals surface area contributed by atoms with E-state index in [0.29, 0.717) is 19.6 Å². The molecule has 29 heavy (non-hydrogen) atoms. The van der Waals surface area contributed by atoms with Gasteiger partial charge in [-0.2, -0.15) is 0 Å². The number of carbonyl (C=O) groups excluding carboxylic acids is 3. The summed E-state index contributed by atoms with van der Waals surface area (Å²) in [4.78, 5) is 37.5. The van der Waals surface area contributed by atoms with E-state index >= 15 is 0 Å². The van der Waals surface area contributed by atoms with E-state index < -0.39 is 23.6 Å². The number of benzene rings is 1. The number of carboxylic acids is 1. The molecule has 1 aliphatic rings. The number of amides is 2. The first kappa shape index (κ1) is 22.7. The number of ether oxygens (including phenoxy) is 1. The van der Waals surface area contributed by atoms with Crippen LogP contribution < -0.4 is 10.4 Å². The lowest BCUT2D eigenvalue weighted by Gasteiger charge is -2.33. The predicted octanol–water partition coefficient (Wildman–Crippen LogP) is 1.75. The van der Waals surface area contributed by atoms with Gasteiger partial charge in [0.2, 0.25) is 5.91 Å². The molecule has 1 aliphatic heterocycles. The Bertz CT molecular complexity index is 691. The molecule has 7 heteroatoms. The van der Waals surface area contributed by atoms with Crippen molar-refractivity contribution < 1.29 is 24.2 Å². The third kappa shape index (κ3) is 8.13. The first-order valence-electron chi connectivity index (χ1n) is 10.1. The molecule has 0 aliphatic carbocycles. The van der Waals surface area contributed by atoms with Crippen LogP contribution in [0.5, 0.6) is 0 Å². The summed E-state index contributed by atoms with van der Waals surface area (Å²) in [5.74, 6) is -1.92. The summed E-state index contributed by atoms with van der Waals surface area (Å²) < 4.78 is 5.23. The van der Waals surface area contributed by atoms with Crippen molar-refractivity contribution >= 4 is 18.0 Å². The topological polar surface area (TPSA) is 98.8 Å². The van der Waals surface area contributed by atoms with Gasteiger partial charge in [-0.1, -0.05) is 30.3 Å². The monoisotopic (exact) mass is 403 g/mol. The Balaban J connectivity index is 1.77. The van der Waals surface area contributed by atoms with Crippen molar-refractivity contribution in [3.8, 4) is 0 Å². The highest BCUT2D eigenvalue weighted by molar-refractivity contribution is 5.82. The number of carboxylic acid groups (broad SMARTS) is 1. The van der Waals surface area contributed by atoms with Gasteiger partial charge in [-0.3, -0.25) is 4.79 Å². The van der Waals surface area contributed by atoms with Gasteiger partial charge in [0.15, 0.2) is 0 Å². The lowest BCUT2D eigenvalue weighted by Crippen LogP contribution is -2.44. The van der Waals surface area contributed by atoms with E-state index in [-0.39, 0.29) is 24.7 Å². The second-order valence-corrected chi connectivity index (χ2v) is 8.62.